The van der Waals surface area contributed by atoms with Crippen LogP contribution in [0.3, 0.4) is 0 Å². The number of hydrogen-bond donors (Lipinski definition) is 1. The first-order chi connectivity index (χ1) is 21.3. The van der Waals surface area contributed by atoms with Crippen molar-refractivity contribution in [3.8, 4) is 17.0 Å². The fourth-order valence-electron chi connectivity index (χ4n) is 5.41. The average molecular weight is 651 g/mol. The van der Waals surface area contributed by atoms with Gasteiger partial charge in [0.1, 0.15) is 23.8 Å². The second-order valence-electron chi connectivity index (χ2n) is 10.6. The quantitative estimate of drug-likeness (QED) is 0.232. The van der Waals surface area contributed by atoms with Gasteiger partial charge >= 0.3 is 22.2 Å². The van der Waals surface area contributed by atoms with Gasteiger partial charge in [-0.1, -0.05) is 16.6 Å². The smallest absolute Gasteiger partial charge is 0.479 e. The topological polar surface area (TPSA) is 127 Å². The number of nitrogens with zero attached hydrogens (tertiary/aromatic N) is 5. The van der Waals surface area contributed by atoms with Crippen molar-refractivity contribution in [2.45, 2.75) is 17.5 Å². The molecule has 0 bridgehead atoms. The molecule has 2 aromatic carbocycles. The van der Waals surface area contributed by atoms with Crippen molar-refractivity contribution in [2.75, 3.05) is 42.7 Å². The Morgan fingerprint density at radius 2 is 1.78 bits per heavy atom. The summed E-state index contributed by atoms with van der Waals surface area (Å²) in [6, 6.07) is 7.96. The highest BCUT2D eigenvalue weighted by molar-refractivity contribution is 7.92. The summed E-state index contributed by atoms with van der Waals surface area (Å²) in [4.78, 5) is 29.4. The summed E-state index contributed by atoms with van der Waals surface area (Å²) in [5.41, 5.74) is 0.409. The predicted molar refractivity (Wildman–Crippen MR) is 150 cm³/mol. The standard InChI is InChI=1S/C28H23F5N6O5S/c1-43-25-22(39(44-26(40)28(31,32)33)45(41,42)23-19(29)3-2-4-20(23)30)10-17(11-35-25)16-5-6-21-18(9-16)24(37-15-36-21)38-8-7-27(14-38)12-34-13-27/h2-6,9-11,15,34H,7-8,12-14H2,1H3. The van der Waals surface area contributed by atoms with Crippen molar-refractivity contribution >= 4 is 38.4 Å². The zero-order chi connectivity index (χ0) is 32.1. The molecule has 236 valence electrons. The van der Waals surface area contributed by atoms with Crippen molar-refractivity contribution in [2.24, 2.45) is 5.41 Å². The van der Waals surface area contributed by atoms with Crippen molar-refractivity contribution in [3.05, 3.63) is 66.6 Å². The monoisotopic (exact) mass is 650 g/mol. The van der Waals surface area contributed by atoms with Crippen LogP contribution in [-0.4, -0.2) is 68.8 Å². The maximum Gasteiger partial charge on any atom is 0.493 e. The number of ether oxygens (including phenoxy) is 1. The maximum atomic E-state index is 14.6. The number of methoxy groups -OCH3 is 1. The highest BCUT2D eigenvalue weighted by atomic mass is 32.2. The lowest BCUT2D eigenvalue weighted by Crippen LogP contribution is -2.54. The van der Waals surface area contributed by atoms with E-state index in [4.69, 9.17) is 4.74 Å². The number of pyridine rings is 1. The fraction of sp³-hybridized carbons (Fsp3) is 0.286. The van der Waals surface area contributed by atoms with Gasteiger partial charge in [0.05, 0.1) is 12.6 Å². The molecule has 0 atom stereocenters. The first-order valence-electron chi connectivity index (χ1n) is 13.4. The Kier molecular flexibility index (Phi) is 7.47. The SMILES string of the molecule is COc1ncc(-c2ccc3ncnc(N4CCC5(CNC5)C4)c3c2)cc1N(OC(=O)C(F)(F)F)S(=O)(=O)c1c(F)cccc1F. The van der Waals surface area contributed by atoms with Gasteiger partial charge in [0.15, 0.2) is 10.6 Å². The molecule has 0 radical (unpaired) electrons. The number of sulfonamides is 1. The molecule has 2 fully saturated rings. The van der Waals surface area contributed by atoms with Crippen molar-refractivity contribution < 1.29 is 44.7 Å². The summed E-state index contributed by atoms with van der Waals surface area (Å²) in [6.07, 6.45) is -2.04. The third-order valence-corrected chi connectivity index (χ3v) is 9.31. The maximum absolute atomic E-state index is 14.6. The lowest BCUT2D eigenvalue weighted by Gasteiger charge is -2.39. The van der Waals surface area contributed by atoms with Gasteiger partial charge in [-0.3, -0.25) is 0 Å². The van der Waals surface area contributed by atoms with E-state index in [-0.39, 0.29) is 11.0 Å². The van der Waals surface area contributed by atoms with E-state index in [1.807, 2.05) is 0 Å². The van der Waals surface area contributed by atoms with E-state index in [2.05, 4.69) is 30.0 Å². The summed E-state index contributed by atoms with van der Waals surface area (Å²) in [5.74, 6) is -6.24. The largest absolute Gasteiger partial charge is 0.493 e. The van der Waals surface area contributed by atoms with Crippen LogP contribution in [0.25, 0.3) is 22.0 Å². The molecule has 1 N–H and O–H groups in total. The molecule has 45 heavy (non-hydrogen) atoms. The molecule has 4 heterocycles. The normalized spacial score (nSPS) is 16.1. The van der Waals surface area contributed by atoms with Crippen LogP contribution in [0.15, 0.2) is 59.9 Å². The van der Waals surface area contributed by atoms with Crippen LogP contribution in [0.1, 0.15) is 6.42 Å². The van der Waals surface area contributed by atoms with Crippen LogP contribution >= 0.6 is 0 Å². The van der Waals surface area contributed by atoms with Crippen LogP contribution in [0.2, 0.25) is 0 Å². The molecule has 17 heteroatoms. The molecular weight excluding hydrogens is 627 g/mol. The van der Waals surface area contributed by atoms with Gasteiger partial charge in [0.25, 0.3) is 0 Å². The van der Waals surface area contributed by atoms with Gasteiger partial charge in [0, 0.05) is 48.7 Å². The Bertz CT molecular complexity index is 1900. The molecule has 0 saturated carbocycles. The van der Waals surface area contributed by atoms with Crippen molar-refractivity contribution in [1.29, 1.82) is 0 Å². The van der Waals surface area contributed by atoms with Gasteiger partial charge in [-0.2, -0.15) is 21.6 Å². The molecule has 1 spiro atoms. The summed E-state index contributed by atoms with van der Waals surface area (Å²) in [5, 5.41) is 3.93. The number of halogens is 5. The summed E-state index contributed by atoms with van der Waals surface area (Å²) in [6.45, 7) is 3.32. The first kappa shape index (κ1) is 30.4. The van der Waals surface area contributed by atoms with Gasteiger partial charge < -0.3 is 19.8 Å². The van der Waals surface area contributed by atoms with E-state index >= 15 is 0 Å². The van der Waals surface area contributed by atoms with Gasteiger partial charge in [-0.25, -0.2) is 28.5 Å². The molecule has 6 rings (SSSR count). The number of benzene rings is 2. The lowest BCUT2D eigenvalue weighted by atomic mass is 9.81. The van der Waals surface area contributed by atoms with Gasteiger partial charge in [0.2, 0.25) is 5.88 Å². The number of hydrogen-bond acceptors (Lipinski definition) is 10. The molecule has 2 aliphatic rings. The van der Waals surface area contributed by atoms with Crippen LogP contribution in [0.4, 0.5) is 33.5 Å². The summed E-state index contributed by atoms with van der Waals surface area (Å²) >= 11 is 0. The molecule has 0 aliphatic carbocycles. The Balaban J connectivity index is 1.47. The van der Waals surface area contributed by atoms with E-state index < -0.39 is 54.7 Å². The molecule has 0 unspecified atom stereocenters. The number of fused-ring (bicyclic) bond motifs is 1. The minimum Gasteiger partial charge on any atom is -0.479 e. The van der Waals surface area contributed by atoms with E-state index in [0.29, 0.717) is 34.4 Å². The second-order valence-corrected chi connectivity index (χ2v) is 12.3. The number of alkyl halides is 3. The van der Waals surface area contributed by atoms with Gasteiger partial charge in [-0.15, -0.1) is 0 Å². The van der Waals surface area contributed by atoms with E-state index in [1.165, 1.54) is 12.5 Å². The summed E-state index contributed by atoms with van der Waals surface area (Å²) in [7, 11) is -4.65. The number of anilines is 2. The van der Waals surface area contributed by atoms with Gasteiger partial charge in [-0.05, 0) is 42.3 Å². The highest BCUT2D eigenvalue weighted by Crippen LogP contribution is 2.40. The van der Waals surface area contributed by atoms with Crippen LogP contribution in [0.5, 0.6) is 5.88 Å². The molecule has 2 aliphatic heterocycles. The summed E-state index contributed by atoms with van der Waals surface area (Å²) < 4.78 is 101. The molecule has 0 amide bonds. The average Bonchev–Trinajstić information content (AvgIpc) is 3.45. The number of aromatic nitrogens is 3. The zero-order valence-electron chi connectivity index (χ0n) is 23.3. The van der Waals surface area contributed by atoms with Crippen LogP contribution in [0, 0.1) is 17.0 Å². The van der Waals surface area contributed by atoms with E-state index in [9.17, 15) is 35.2 Å². The van der Waals surface area contributed by atoms with E-state index in [0.717, 1.165) is 51.8 Å². The molecule has 4 aromatic rings. The number of carbonyl (C=O) groups excluding carboxylic acids is 1. The third kappa shape index (κ3) is 5.45. The zero-order valence-corrected chi connectivity index (χ0v) is 24.1. The third-order valence-electron chi connectivity index (χ3n) is 7.70. The number of nitrogens with one attached hydrogen (secondary N) is 1. The Labute approximate surface area is 252 Å². The highest BCUT2D eigenvalue weighted by Gasteiger charge is 2.47. The fourth-order valence-corrected chi connectivity index (χ4v) is 6.76. The van der Waals surface area contributed by atoms with Crippen molar-refractivity contribution in [3.63, 3.8) is 0 Å². The minimum absolute atomic E-state index is 0.126. The second kappa shape index (κ2) is 11.1. The Morgan fingerprint density at radius 1 is 1.04 bits per heavy atom. The Morgan fingerprint density at radius 3 is 2.40 bits per heavy atom. The minimum atomic E-state index is -5.68. The molecule has 2 aromatic heterocycles. The van der Waals surface area contributed by atoms with Crippen LogP contribution < -0.4 is 19.4 Å². The van der Waals surface area contributed by atoms with Crippen molar-refractivity contribution in [1.82, 2.24) is 20.3 Å². The molecule has 11 nitrogen and oxygen atoms in total. The first-order valence-corrected chi connectivity index (χ1v) is 14.8. The number of carbonyl (C=O) groups is 1. The number of rotatable bonds is 7. The van der Waals surface area contributed by atoms with E-state index in [1.54, 1.807) is 18.2 Å². The lowest BCUT2D eigenvalue weighted by molar-refractivity contribution is -0.199. The van der Waals surface area contributed by atoms with Crippen LogP contribution in [-0.2, 0) is 19.7 Å². The molecular formula is C28H23F5N6O5S. The predicted octanol–water partition coefficient (Wildman–Crippen LogP) is 3.99. The molecule has 2 saturated heterocycles. The Hall–Kier alpha value is -4.64.